The average molecular weight is 1350 g/mol. The van der Waals surface area contributed by atoms with E-state index in [1.807, 2.05) is 6.92 Å². The van der Waals surface area contributed by atoms with Crippen LogP contribution in [-0.4, -0.2) is 277 Å². The van der Waals surface area contributed by atoms with Crippen LogP contribution in [0.15, 0.2) is 0 Å². The standard InChI is InChI=1S/C74H139N23/c1-51-77-57(79-59(78-51)87(23)52-41-65(2,3)92(28)66(4,5)42-52)75-35-33-37-86(22)39-40-97(64-84-62(90(26)55-47-71(14,15)95(31)72(16,17)48-55)83-63(85-64)91(27)56-49-73(18,19)96(32)74(20,21)50-56)38-34-36-76-58-80-60(88(24)53-43-67(6,7)93(29)68(8,9)44-53)82-61(81-58)89(25)54-45-69(10,11)94(30)70(12,13)46-54/h52-56H,33-50H2,1-32H3,(H,75,77,78,79)(H,76,80,81,82). The number of nitrogens with zero attached hydrogens (tertiary/aromatic N) is 21. The third-order valence-corrected chi connectivity index (χ3v) is 25.6. The SMILES string of the molecule is Cc1nc(NCCCN(C)CCN(CCCNc2nc(N(C)C3CC(C)(C)N(C)C(C)(C)C3)nc(N(C)C3CC(C)(C)N(C)C(C)(C)C3)n2)c2nc(N(C)C3CC(C)(C)N(C)C(C)(C)C3)nc(N(C)C3CC(C)(C)N(C)C(C)(C)C3)n2)nc(N(C)C2CC(C)(C)N(C)C(C)(C)C2)n1. The number of anilines is 8. The fourth-order valence-corrected chi connectivity index (χ4v) is 17.8. The van der Waals surface area contributed by atoms with Crippen LogP contribution in [0, 0.1) is 6.92 Å². The first-order chi connectivity index (χ1) is 44.4. The van der Waals surface area contributed by atoms with Gasteiger partial charge in [-0.3, -0.25) is 24.5 Å². The highest BCUT2D eigenvalue weighted by molar-refractivity contribution is 5.49. The highest BCUT2D eigenvalue weighted by atomic mass is 15.4. The summed E-state index contributed by atoms with van der Waals surface area (Å²) in [5.41, 5.74) is -0.0668. The Bertz CT molecular complexity index is 2910. The highest BCUT2D eigenvalue weighted by Gasteiger charge is 2.50. The zero-order valence-electron chi connectivity index (χ0n) is 67.5. The van der Waals surface area contributed by atoms with Gasteiger partial charge in [-0.15, -0.1) is 0 Å². The van der Waals surface area contributed by atoms with Crippen LogP contribution >= 0.6 is 0 Å². The lowest BCUT2D eigenvalue weighted by Gasteiger charge is -2.55. The normalized spacial score (nSPS) is 23.9. The molecule has 2 N–H and O–H groups in total. The maximum absolute atomic E-state index is 5.58. The molecule has 5 saturated heterocycles. The summed E-state index contributed by atoms with van der Waals surface area (Å²) in [4.78, 5) is 76.6. The summed E-state index contributed by atoms with van der Waals surface area (Å²) >= 11 is 0. The van der Waals surface area contributed by atoms with Crippen LogP contribution in [0.25, 0.3) is 0 Å². The van der Waals surface area contributed by atoms with Crippen molar-refractivity contribution in [3.63, 3.8) is 0 Å². The van der Waals surface area contributed by atoms with Crippen LogP contribution in [-0.2, 0) is 0 Å². The molecule has 5 fully saturated rings. The Morgan fingerprint density at radius 1 is 0.299 bits per heavy atom. The second-order valence-corrected chi connectivity index (χ2v) is 37.1. The first kappa shape index (κ1) is 77.9. The second-order valence-electron chi connectivity index (χ2n) is 37.1. The van der Waals surface area contributed by atoms with E-state index in [2.05, 4.69) is 285 Å². The minimum Gasteiger partial charge on any atom is -0.354 e. The monoisotopic (exact) mass is 1350 g/mol. The molecule has 5 aliphatic rings. The van der Waals surface area contributed by atoms with Crippen molar-refractivity contribution in [1.29, 1.82) is 0 Å². The molecule has 0 amide bonds. The van der Waals surface area contributed by atoms with E-state index in [1.54, 1.807) is 0 Å². The van der Waals surface area contributed by atoms with Gasteiger partial charge in [0, 0.05) is 154 Å². The number of aryl methyl sites for hydroxylation is 1. The van der Waals surface area contributed by atoms with Crippen molar-refractivity contribution in [1.82, 2.24) is 74.3 Å². The van der Waals surface area contributed by atoms with E-state index in [0.29, 0.717) is 61.2 Å². The predicted molar refractivity (Wildman–Crippen MR) is 407 cm³/mol. The number of rotatable bonds is 24. The molecule has 8 rings (SSSR count). The minimum absolute atomic E-state index is 0.00997. The zero-order chi connectivity index (χ0) is 72.5. The topological polar surface area (TPSA) is 179 Å². The van der Waals surface area contributed by atoms with Crippen molar-refractivity contribution in [3.05, 3.63) is 5.82 Å². The van der Waals surface area contributed by atoms with E-state index < -0.39 is 0 Å². The molecule has 5 aliphatic heterocycles. The quantitative estimate of drug-likeness (QED) is 0.0808. The molecular weight excluding hydrogens is 1210 g/mol. The van der Waals surface area contributed by atoms with Gasteiger partial charge in [0.1, 0.15) is 5.82 Å². The number of likely N-dealkylation sites (N-methyl/N-ethyl adjacent to an activating group) is 1. The van der Waals surface area contributed by atoms with E-state index in [-0.39, 0.29) is 79.6 Å². The summed E-state index contributed by atoms with van der Waals surface area (Å²) in [6.45, 7) is 53.7. The van der Waals surface area contributed by atoms with Gasteiger partial charge in [-0.25, -0.2) is 0 Å². The molecule has 0 saturated carbocycles. The van der Waals surface area contributed by atoms with Crippen LogP contribution in [0.3, 0.4) is 0 Å². The summed E-state index contributed by atoms with van der Waals surface area (Å²) in [6, 6.07) is 1.19. The maximum atomic E-state index is 5.58. The van der Waals surface area contributed by atoms with Crippen molar-refractivity contribution in [2.75, 3.05) is 157 Å². The molecule has 0 aliphatic carbocycles. The fraction of sp³-hybridized carbons (Fsp3) is 0.878. The second kappa shape index (κ2) is 28.2. The van der Waals surface area contributed by atoms with Gasteiger partial charge >= 0.3 is 0 Å². The smallest absolute Gasteiger partial charge is 0.232 e. The third-order valence-electron chi connectivity index (χ3n) is 25.6. The van der Waals surface area contributed by atoms with Gasteiger partial charge in [0.15, 0.2) is 0 Å². The molecule has 0 unspecified atom stereocenters. The molecule has 0 spiro atoms. The van der Waals surface area contributed by atoms with Crippen molar-refractivity contribution in [2.24, 2.45) is 0 Å². The molecule has 0 atom stereocenters. The Hall–Kier alpha value is -4.81. The number of likely N-dealkylation sites (tertiary alicyclic amines) is 5. The first-order valence-corrected chi connectivity index (χ1v) is 36.9. The molecule has 0 bridgehead atoms. The van der Waals surface area contributed by atoms with Crippen molar-refractivity contribution >= 4 is 47.6 Å². The Labute approximate surface area is 589 Å². The maximum Gasteiger partial charge on any atom is 0.232 e. The molecule has 550 valence electrons. The molecule has 8 heterocycles. The summed E-state index contributed by atoms with van der Waals surface area (Å²) in [6.07, 6.45) is 11.6. The van der Waals surface area contributed by atoms with Crippen molar-refractivity contribution in [2.45, 2.75) is 308 Å². The van der Waals surface area contributed by atoms with Gasteiger partial charge in [-0.1, -0.05) is 0 Å². The summed E-state index contributed by atoms with van der Waals surface area (Å²) < 4.78 is 0. The molecule has 23 heteroatoms. The molecule has 23 nitrogen and oxygen atoms in total. The number of hydrogen-bond donors (Lipinski definition) is 2. The van der Waals surface area contributed by atoms with Crippen LogP contribution in [0.4, 0.5) is 47.6 Å². The van der Waals surface area contributed by atoms with E-state index >= 15 is 0 Å². The molecule has 3 aromatic rings. The Morgan fingerprint density at radius 3 is 0.804 bits per heavy atom. The summed E-state index contributed by atoms with van der Waals surface area (Å²) in [5, 5.41) is 7.38. The first-order valence-electron chi connectivity index (χ1n) is 36.9. The number of nitrogens with one attached hydrogen (secondary N) is 2. The fourth-order valence-electron chi connectivity index (χ4n) is 17.8. The lowest BCUT2D eigenvalue weighted by molar-refractivity contribution is -0.0127. The van der Waals surface area contributed by atoms with E-state index in [9.17, 15) is 0 Å². The van der Waals surface area contributed by atoms with Gasteiger partial charge in [0.05, 0.1) is 0 Å². The Kier molecular flexibility index (Phi) is 22.7. The number of aromatic nitrogens is 9. The molecular formula is C74H139N23. The molecule has 0 aromatic carbocycles. The van der Waals surface area contributed by atoms with Crippen LogP contribution < -0.4 is 40.0 Å². The van der Waals surface area contributed by atoms with Gasteiger partial charge < -0.3 is 44.9 Å². The summed E-state index contributed by atoms with van der Waals surface area (Å²) in [7, 11) is 24.5. The number of piperidine rings is 5. The molecule has 97 heavy (non-hydrogen) atoms. The highest BCUT2D eigenvalue weighted by Crippen LogP contribution is 2.45. The number of hydrogen-bond acceptors (Lipinski definition) is 23. The van der Waals surface area contributed by atoms with E-state index in [1.165, 1.54) is 0 Å². The predicted octanol–water partition coefficient (Wildman–Crippen LogP) is 10.7. The zero-order valence-corrected chi connectivity index (χ0v) is 67.5. The van der Waals surface area contributed by atoms with Gasteiger partial charge in [0.2, 0.25) is 47.6 Å². The van der Waals surface area contributed by atoms with E-state index in [4.69, 9.17) is 44.9 Å². The van der Waals surface area contributed by atoms with Crippen molar-refractivity contribution < 1.29 is 0 Å². The third kappa shape index (κ3) is 17.4. The van der Waals surface area contributed by atoms with Crippen molar-refractivity contribution in [3.8, 4) is 0 Å². The van der Waals surface area contributed by atoms with E-state index in [0.717, 1.165) is 115 Å². The van der Waals surface area contributed by atoms with Crippen LogP contribution in [0.2, 0.25) is 0 Å². The lowest BCUT2D eigenvalue weighted by atomic mass is 9.77. The summed E-state index contributed by atoms with van der Waals surface area (Å²) in [5.74, 6) is 6.20. The van der Waals surface area contributed by atoms with Crippen LogP contribution in [0.1, 0.15) is 221 Å². The molecule has 0 radical (unpaired) electrons. The Balaban J connectivity index is 1.09. The Morgan fingerprint density at radius 2 is 0.526 bits per heavy atom. The largest absolute Gasteiger partial charge is 0.354 e. The van der Waals surface area contributed by atoms with Gasteiger partial charge in [0.25, 0.3) is 0 Å². The lowest BCUT2D eigenvalue weighted by Crippen LogP contribution is -2.62. The van der Waals surface area contributed by atoms with Gasteiger partial charge in [-0.2, -0.15) is 44.9 Å². The van der Waals surface area contributed by atoms with Crippen LogP contribution in [0.5, 0.6) is 0 Å². The molecule has 3 aromatic heterocycles. The van der Waals surface area contributed by atoms with Gasteiger partial charge in [-0.05, 0) is 271 Å². The minimum atomic E-state index is -0.0293. The average Bonchev–Trinajstić information content (AvgIpc) is 0.778.